The standard InChI is InChI=1S/C17H13ClFNS/c1-11-2-4-13(5-3-11)17-20-16(15(10-18)21-17)12-6-8-14(19)9-7-12/h2-9H,10H2,1H3. The Kier molecular flexibility index (Phi) is 4.04. The van der Waals surface area contributed by atoms with Crippen LogP contribution in [0.3, 0.4) is 0 Å². The summed E-state index contributed by atoms with van der Waals surface area (Å²) in [6, 6.07) is 14.6. The van der Waals surface area contributed by atoms with Crippen molar-refractivity contribution >= 4 is 22.9 Å². The first-order chi connectivity index (χ1) is 10.2. The third kappa shape index (κ3) is 2.99. The molecule has 3 rings (SSSR count). The molecule has 0 N–H and O–H groups in total. The number of aryl methyl sites for hydroxylation is 1. The van der Waals surface area contributed by atoms with Gasteiger partial charge in [-0.25, -0.2) is 9.37 Å². The zero-order chi connectivity index (χ0) is 14.8. The third-order valence-corrected chi connectivity index (χ3v) is 4.77. The zero-order valence-electron chi connectivity index (χ0n) is 11.4. The third-order valence-electron chi connectivity index (χ3n) is 3.23. The number of rotatable bonds is 3. The van der Waals surface area contributed by atoms with Crippen molar-refractivity contribution < 1.29 is 4.39 Å². The highest BCUT2D eigenvalue weighted by Gasteiger charge is 2.13. The van der Waals surface area contributed by atoms with Crippen molar-refractivity contribution in [2.75, 3.05) is 0 Å². The summed E-state index contributed by atoms with van der Waals surface area (Å²) in [5.41, 5.74) is 4.02. The fourth-order valence-electron chi connectivity index (χ4n) is 2.10. The molecule has 0 aliphatic rings. The van der Waals surface area contributed by atoms with Crippen molar-refractivity contribution in [2.45, 2.75) is 12.8 Å². The van der Waals surface area contributed by atoms with Gasteiger partial charge in [0.25, 0.3) is 0 Å². The molecule has 0 atom stereocenters. The van der Waals surface area contributed by atoms with Crippen LogP contribution in [0, 0.1) is 12.7 Å². The largest absolute Gasteiger partial charge is 0.236 e. The van der Waals surface area contributed by atoms with Gasteiger partial charge in [0.2, 0.25) is 0 Å². The summed E-state index contributed by atoms with van der Waals surface area (Å²) in [6.45, 7) is 2.06. The second-order valence-corrected chi connectivity index (χ2v) is 6.15. The summed E-state index contributed by atoms with van der Waals surface area (Å²) in [5.74, 6) is 0.149. The van der Waals surface area contributed by atoms with Gasteiger partial charge in [-0.2, -0.15) is 0 Å². The van der Waals surface area contributed by atoms with Crippen molar-refractivity contribution in [3.63, 3.8) is 0 Å². The van der Waals surface area contributed by atoms with Crippen molar-refractivity contribution in [3.8, 4) is 21.8 Å². The zero-order valence-corrected chi connectivity index (χ0v) is 13.0. The van der Waals surface area contributed by atoms with E-state index in [-0.39, 0.29) is 5.82 Å². The van der Waals surface area contributed by atoms with Crippen molar-refractivity contribution in [1.82, 2.24) is 4.98 Å². The molecule has 0 bridgehead atoms. The van der Waals surface area contributed by atoms with Crippen LogP contribution in [-0.4, -0.2) is 4.98 Å². The SMILES string of the molecule is Cc1ccc(-c2nc(-c3ccc(F)cc3)c(CCl)s2)cc1. The highest BCUT2D eigenvalue weighted by molar-refractivity contribution is 7.15. The van der Waals surface area contributed by atoms with E-state index in [0.29, 0.717) is 5.88 Å². The van der Waals surface area contributed by atoms with Gasteiger partial charge in [-0.3, -0.25) is 0 Å². The highest BCUT2D eigenvalue weighted by Crippen LogP contribution is 2.34. The molecule has 0 radical (unpaired) electrons. The minimum Gasteiger partial charge on any atom is -0.236 e. The monoisotopic (exact) mass is 317 g/mol. The van der Waals surface area contributed by atoms with Gasteiger partial charge < -0.3 is 0 Å². The van der Waals surface area contributed by atoms with E-state index in [4.69, 9.17) is 16.6 Å². The number of thiazole rings is 1. The van der Waals surface area contributed by atoms with Crippen molar-refractivity contribution in [3.05, 3.63) is 64.8 Å². The van der Waals surface area contributed by atoms with E-state index in [2.05, 4.69) is 31.2 Å². The maximum atomic E-state index is 13.0. The number of hydrogen-bond donors (Lipinski definition) is 0. The van der Waals surface area contributed by atoms with E-state index in [0.717, 1.165) is 26.7 Å². The molecule has 21 heavy (non-hydrogen) atoms. The minimum atomic E-state index is -0.250. The Morgan fingerprint density at radius 3 is 2.24 bits per heavy atom. The minimum absolute atomic E-state index is 0.250. The lowest BCUT2D eigenvalue weighted by Gasteiger charge is -1.99. The molecule has 0 spiro atoms. The quantitative estimate of drug-likeness (QED) is 0.568. The van der Waals surface area contributed by atoms with Crippen molar-refractivity contribution in [1.29, 1.82) is 0 Å². The lowest BCUT2D eigenvalue weighted by molar-refractivity contribution is 0.628. The molecular weight excluding hydrogens is 305 g/mol. The maximum Gasteiger partial charge on any atom is 0.124 e. The Balaban J connectivity index is 2.05. The molecular formula is C17H13ClFNS. The molecule has 1 heterocycles. The second-order valence-electron chi connectivity index (χ2n) is 4.80. The van der Waals surface area contributed by atoms with E-state index in [1.54, 1.807) is 23.5 Å². The first kappa shape index (κ1) is 14.2. The Bertz CT molecular complexity index is 747. The van der Waals surface area contributed by atoms with Gasteiger partial charge in [0.1, 0.15) is 10.8 Å². The van der Waals surface area contributed by atoms with Crippen LogP contribution in [0.5, 0.6) is 0 Å². The molecule has 0 aliphatic heterocycles. The first-order valence-corrected chi connectivity index (χ1v) is 7.91. The number of aromatic nitrogens is 1. The Labute approximate surface area is 132 Å². The lowest BCUT2D eigenvalue weighted by Crippen LogP contribution is -1.84. The van der Waals surface area contributed by atoms with Crippen LogP contribution in [0.1, 0.15) is 10.4 Å². The molecule has 0 amide bonds. The average Bonchev–Trinajstić information content (AvgIpc) is 2.93. The van der Waals surface area contributed by atoms with Crippen LogP contribution in [0.2, 0.25) is 0 Å². The Hall–Kier alpha value is -1.71. The van der Waals surface area contributed by atoms with E-state index >= 15 is 0 Å². The van der Waals surface area contributed by atoms with Crippen LogP contribution in [0.4, 0.5) is 4.39 Å². The summed E-state index contributed by atoms with van der Waals surface area (Å²) >= 11 is 7.62. The fraction of sp³-hybridized carbons (Fsp3) is 0.118. The van der Waals surface area contributed by atoms with Gasteiger partial charge in [-0.05, 0) is 31.2 Å². The van der Waals surface area contributed by atoms with E-state index in [9.17, 15) is 4.39 Å². The van der Waals surface area contributed by atoms with E-state index < -0.39 is 0 Å². The van der Waals surface area contributed by atoms with Crippen LogP contribution in [0.25, 0.3) is 21.8 Å². The van der Waals surface area contributed by atoms with Crippen LogP contribution in [0.15, 0.2) is 48.5 Å². The fourth-order valence-corrected chi connectivity index (χ4v) is 3.32. The summed E-state index contributed by atoms with van der Waals surface area (Å²) in [4.78, 5) is 5.69. The number of benzene rings is 2. The lowest BCUT2D eigenvalue weighted by atomic mass is 10.1. The highest BCUT2D eigenvalue weighted by atomic mass is 35.5. The normalized spacial score (nSPS) is 10.8. The van der Waals surface area contributed by atoms with Crippen molar-refractivity contribution in [2.24, 2.45) is 0 Å². The van der Waals surface area contributed by atoms with Gasteiger partial charge in [0, 0.05) is 16.0 Å². The maximum absolute atomic E-state index is 13.0. The van der Waals surface area contributed by atoms with E-state index in [1.807, 2.05) is 0 Å². The molecule has 0 fully saturated rings. The molecule has 106 valence electrons. The molecule has 0 saturated carbocycles. The Morgan fingerprint density at radius 2 is 1.62 bits per heavy atom. The van der Waals surface area contributed by atoms with Gasteiger partial charge in [0.05, 0.1) is 11.6 Å². The molecule has 3 aromatic rings. The molecule has 4 heteroatoms. The molecule has 0 unspecified atom stereocenters. The molecule has 0 saturated heterocycles. The summed E-state index contributed by atoms with van der Waals surface area (Å²) in [7, 11) is 0. The molecule has 1 nitrogen and oxygen atoms in total. The molecule has 0 aliphatic carbocycles. The summed E-state index contributed by atoms with van der Waals surface area (Å²) in [6.07, 6.45) is 0. The number of halogens is 2. The van der Waals surface area contributed by atoms with E-state index in [1.165, 1.54) is 17.7 Å². The number of alkyl halides is 1. The Morgan fingerprint density at radius 1 is 1.00 bits per heavy atom. The second kappa shape index (κ2) is 5.96. The smallest absolute Gasteiger partial charge is 0.124 e. The first-order valence-electron chi connectivity index (χ1n) is 6.56. The van der Waals surface area contributed by atoms with Crippen LogP contribution >= 0.6 is 22.9 Å². The van der Waals surface area contributed by atoms with Gasteiger partial charge >= 0.3 is 0 Å². The van der Waals surface area contributed by atoms with Gasteiger partial charge in [-0.1, -0.05) is 29.8 Å². The predicted molar refractivity (Wildman–Crippen MR) is 87.2 cm³/mol. The van der Waals surface area contributed by atoms with Crippen LogP contribution in [-0.2, 0) is 5.88 Å². The molecule has 2 aromatic carbocycles. The summed E-state index contributed by atoms with van der Waals surface area (Å²) < 4.78 is 13.0. The van der Waals surface area contributed by atoms with Gasteiger partial charge in [-0.15, -0.1) is 22.9 Å². The number of hydrogen-bond acceptors (Lipinski definition) is 2. The topological polar surface area (TPSA) is 12.9 Å². The van der Waals surface area contributed by atoms with Gasteiger partial charge in [0.15, 0.2) is 0 Å². The van der Waals surface area contributed by atoms with Crippen LogP contribution < -0.4 is 0 Å². The molecule has 1 aromatic heterocycles. The summed E-state index contributed by atoms with van der Waals surface area (Å²) in [5, 5.41) is 0.935. The average molecular weight is 318 g/mol. The predicted octanol–water partition coefficient (Wildman–Crippen LogP) is 5.66. The number of nitrogens with zero attached hydrogens (tertiary/aromatic N) is 1.